The summed E-state index contributed by atoms with van der Waals surface area (Å²) < 4.78 is 10.2. The lowest BCUT2D eigenvalue weighted by atomic mass is 9.89. The molecule has 0 aromatic rings. The minimum Gasteiger partial charge on any atom is -0.481 e. The minimum absolute atomic E-state index is 0.171. The van der Waals surface area contributed by atoms with Gasteiger partial charge < -0.3 is 14.6 Å². The zero-order chi connectivity index (χ0) is 14.1. The summed E-state index contributed by atoms with van der Waals surface area (Å²) in [4.78, 5) is 22.9. The highest BCUT2D eigenvalue weighted by Crippen LogP contribution is 2.21. The molecule has 0 radical (unpaired) electrons. The molecule has 0 aromatic carbocycles. The first-order valence-corrected chi connectivity index (χ1v) is 6.36. The number of esters is 1. The van der Waals surface area contributed by atoms with Crippen LogP contribution in [-0.2, 0) is 19.1 Å². The molecule has 0 aromatic heterocycles. The third kappa shape index (κ3) is 6.00. The van der Waals surface area contributed by atoms with Crippen molar-refractivity contribution in [1.82, 2.24) is 0 Å². The van der Waals surface area contributed by atoms with Crippen molar-refractivity contribution in [2.24, 2.45) is 11.8 Å². The second-order valence-electron chi connectivity index (χ2n) is 4.54. The molecule has 0 bridgehead atoms. The van der Waals surface area contributed by atoms with E-state index in [0.717, 1.165) is 12.8 Å². The van der Waals surface area contributed by atoms with Gasteiger partial charge in [-0.25, -0.2) is 0 Å². The van der Waals surface area contributed by atoms with Crippen LogP contribution in [0.4, 0.5) is 0 Å². The standard InChI is InChI=1S/C13H24O5/c1-5-6-7-18-13(16)11(8-9(2)17-4)10(3)12(14)15/h9-11H,5-8H2,1-4H3,(H,14,15). The van der Waals surface area contributed by atoms with E-state index in [2.05, 4.69) is 0 Å². The van der Waals surface area contributed by atoms with Crippen LogP contribution in [0.5, 0.6) is 0 Å². The van der Waals surface area contributed by atoms with E-state index < -0.39 is 23.8 Å². The monoisotopic (exact) mass is 260 g/mol. The Hall–Kier alpha value is -1.10. The molecule has 0 aliphatic heterocycles. The van der Waals surface area contributed by atoms with Gasteiger partial charge in [0.25, 0.3) is 0 Å². The Labute approximate surface area is 108 Å². The minimum atomic E-state index is -0.990. The molecular formula is C13H24O5. The topological polar surface area (TPSA) is 72.8 Å². The van der Waals surface area contributed by atoms with Crippen molar-refractivity contribution in [1.29, 1.82) is 0 Å². The highest BCUT2D eigenvalue weighted by Gasteiger charge is 2.32. The molecule has 0 rings (SSSR count). The molecule has 0 saturated carbocycles. The quantitative estimate of drug-likeness (QED) is 0.507. The molecule has 0 spiro atoms. The predicted octanol–water partition coefficient (Wildman–Crippen LogP) is 2.09. The van der Waals surface area contributed by atoms with Crippen LogP contribution in [0.1, 0.15) is 40.0 Å². The normalized spacial score (nSPS) is 15.8. The van der Waals surface area contributed by atoms with Gasteiger partial charge in [-0.3, -0.25) is 9.59 Å². The molecule has 0 saturated heterocycles. The first-order chi connectivity index (χ1) is 8.43. The summed E-state index contributed by atoms with van der Waals surface area (Å²) in [5.74, 6) is -2.86. The number of carboxylic acids is 1. The van der Waals surface area contributed by atoms with Gasteiger partial charge in [0.2, 0.25) is 0 Å². The van der Waals surface area contributed by atoms with Crippen LogP contribution >= 0.6 is 0 Å². The van der Waals surface area contributed by atoms with E-state index in [1.165, 1.54) is 14.0 Å². The maximum absolute atomic E-state index is 11.9. The Morgan fingerprint density at radius 1 is 1.28 bits per heavy atom. The highest BCUT2D eigenvalue weighted by atomic mass is 16.5. The van der Waals surface area contributed by atoms with Crippen LogP contribution in [0.3, 0.4) is 0 Å². The smallest absolute Gasteiger partial charge is 0.309 e. The molecular weight excluding hydrogens is 236 g/mol. The maximum Gasteiger partial charge on any atom is 0.309 e. The van der Waals surface area contributed by atoms with Crippen LogP contribution < -0.4 is 0 Å². The number of ether oxygens (including phenoxy) is 2. The predicted molar refractivity (Wildman–Crippen MR) is 67.2 cm³/mol. The van der Waals surface area contributed by atoms with Crippen LogP contribution in [0.2, 0.25) is 0 Å². The van der Waals surface area contributed by atoms with Crippen molar-refractivity contribution in [2.45, 2.75) is 46.1 Å². The van der Waals surface area contributed by atoms with Gasteiger partial charge in [0.1, 0.15) is 0 Å². The Balaban J connectivity index is 4.53. The largest absolute Gasteiger partial charge is 0.481 e. The summed E-state index contributed by atoms with van der Waals surface area (Å²) in [7, 11) is 1.54. The summed E-state index contributed by atoms with van der Waals surface area (Å²) in [6, 6.07) is 0. The van der Waals surface area contributed by atoms with E-state index in [-0.39, 0.29) is 6.10 Å². The average molecular weight is 260 g/mol. The molecule has 0 aliphatic carbocycles. The van der Waals surface area contributed by atoms with Crippen molar-refractivity contribution in [3.63, 3.8) is 0 Å². The number of rotatable bonds is 9. The number of carboxylic acid groups (broad SMARTS) is 1. The number of carbonyl (C=O) groups is 2. The lowest BCUT2D eigenvalue weighted by molar-refractivity contribution is -0.158. The van der Waals surface area contributed by atoms with Crippen LogP contribution in [-0.4, -0.2) is 36.9 Å². The lowest BCUT2D eigenvalue weighted by Gasteiger charge is -2.22. The number of methoxy groups -OCH3 is 1. The number of hydrogen-bond acceptors (Lipinski definition) is 4. The molecule has 0 amide bonds. The molecule has 1 N–H and O–H groups in total. The number of carbonyl (C=O) groups excluding carboxylic acids is 1. The van der Waals surface area contributed by atoms with Crippen LogP contribution in [0.15, 0.2) is 0 Å². The fraction of sp³-hybridized carbons (Fsp3) is 0.846. The summed E-state index contributed by atoms with van der Waals surface area (Å²) >= 11 is 0. The van der Waals surface area contributed by atoms with Crippen LogP contribution in [0.25, 0.3) is 0 Å². The third-order valence-corrected chi connectivity index (χ3v) is 3.03. The SMILES string of the molecule is CCCCOC(=O)C(CC(C)OC)C(C)C(=O)O. The Morgan fingerprint density at radius 2 is 1.89 bits per heavy atom. The molecule has 18 heavy (non-hydrogen) atoms. The summed E-state index contributed by atoms with van der Waals surface area (Å²) in [6.07, 6.45) is 1.91. The van der Waals surface area contributed by atoms with Crippen molar-refractivity contribution in [3.8, 4) is 0 Å². The van der Waals surface area contributed by atoms with Crippen molar-refractivity contribution < 1.29 is 24.2 Å². The van der Waals surface area contributed by atoms with E-state index in [4.69, 9.17) is 14.6 Å². The lowest BCUT2D eigenvalue weighted by Crippen LogP contribution is -2.32. The molecule has 0 fully saturated rings. The molecule has 3 unspecified atom stereocenters. The van der Waals surface area contributed by atoms with Gasteiger partial charge in [0, 0.05) is 7.11 Å². The molecule has 106 valence electrons. The van der Waals surface area contributed by atoms with Crippen molar-refractivity contribution in [3.05, 3.63) is 0 Å². The summed E-state index contributed by atoms with van der Waals surface area (Å²) in [6.45, 7) is 5.68. The van der Waals surface area contributed by atoms with Crippen molar-refractivity contribution >= 4 is 11.9 Å². The summed E-state index contributed by atoms with van der Waals surface area (Å²) in [5, 5.41) is 9.01. The molecule has 5 heteroatoms. The van der Waals surface area contributed by atoms with Gasteiger partial charge >= 0.3 is 11.9 Å². The zero-order valence-corrected chi connectivity index (χ0v) is 11.6. The van der Waals surface area contributed by atoms with E-state index in [0.29, 0.717) is 13.0 Å². The first kappa shape index (κ1) is 16.9. The van der Waals surface area contributed by atoms with Gasteiger partial charge in [-0.1, -0.05) is 20.3 Å². The molecule has 5 nitrogen and oxygen atoms in total. The van der Waals surface area contributed by atoms with E-state index in [1.807, 2.05) is 6.92 Å². The maximum atomic E-state index is 11.9. The number of unbranched alkanes of at least 4 members (excludes halogenated alkanes) is 1. The van der Waals surface area contributed by atoms with Gasteiger partial charge in [-0.2, -0.15) is 0 Å². The highest BCUT2D eigenvalue weighted by molar-refractivity contribution is 5.80. The number of hydrogen-bond donors (Lipinski definition) is 1. The summed E-state index contributed by atoms with van der Waals surface area (Å²) in [5.41, 5.74) is 0. The van der Waals surface area contributed by atoms with E-state index >= 15 is 0 Å². The average Bonchev–Trinajstić information content (AvgIpc) is 2.34. The van der Waals surface area contributed by atoms with Gasteiger partial charge in [0.15, 0.2) is 0 Å². The van der Waals surface area contributed by atoms with Crippen LogP contribution in [0, 0.1) is 11.8 Å². The van der Waals surface area contributed by atoms with Gasteiger partial charge in [0.05, 0.1) is 24.5 Å². The third-order valence-electron chi connectivity index (χ3n) is 3.03. The second-order valence-corrected chi connectivity index (χ2v) is 4.54. The fourth-order valence-electron chi connectivity index (χ4n) is 1.55. The Bertz CT molecular complexity index is 264. The van der Waals surface area contributed by atoms with Crippen molar-refractivity contribution in [2.75, 3.05) is 13.7 Å². The fourth-order valence-corrected chi connectivity index (χ4v) is 1.55. The second kappa shape index (κ2) is 8.91. The Kier molecular flexibility index (Phi) is 8.37. The molecule has 0 aliphatic rings. The van der Waals surface area contributed by atoms with Gasteiger partial charge in [-0.15, -0.1) is 0 Å². The van der Waals surface area contributed by atoms with Gasteiger partial charge in [-0.05, 0) is 19.8 Å². The van der Waals surface area contributed by atoms with E-state index in [9.17, 15) is 9.59 Å². The zero-order valence-electron chi connectivity index (χ0n) is 11.6. The van der Waals surface area contributed by atoms with E-state index in [1.54, 1.807) is 6.92 Å². The molecule has 3 atom stereocenters. The first-order valence-electron chi connectivity index (χ1n) is 6.36. The molecule has 0 heterocycles. The number of aliphatic carboxylic acids is 1. The Morgan fingerprint density at radius 3 is 2.33 bits per heavy atom.